The number of nitro benzene ring substituents is 1. The molecular weight excluding hydrogens is 265 g/mol. The van der Waals surface area contributed by atoms with Gasteiger partial charge in [-0.15, -0.1) is 0 Å². The molecule has 1 rings (SSSR count). The van der Waals surface area contributed by atoms with Crippen LogP contribution < -0.4 is 16.6 Å². The van der Waals surface area contributed by atoms with Crippen molar-refractivity contribution in [3.63, 3.8) is 0 Å². The molecule has 0 amide bonds. The summed E-state index contributed by atoms with van der Waals surface area (Å²) in [6.07, 6.45) is -5.44. The maximum Gasteiger partial charge on any atom is 0.391 e. The highest BCUT2D eigenvalue weighted by molar-refractivity contribution is 5.75. The fraction of sp³-hybridized carbons (Fsp3) is 0.400. The van der Waals surface area contributed by atoms with Crippen molar-refractivity contribution < 1.29 is 18.1 Å². The van der Waals surface area contributed by atoms with Gasteiger partial charge in [0.15, 0.2) is 0 Å². The standard InChI is InChI=1S/C10H13F3N4O2/c1-6(5-10(11,12)13)15-7-3-2-4-8(16-14)9(7)17(18)19/h2-4,6,15-16H,5,14H2,1H3. The molecule has 0 aliphatic carbocycles. The van der Waals surface area contributed by atoms with Crippen molar-refractivity contribution in [1.82, 2.24) is 0 Å². The molecule has 0 heterocycles. The number of nitrogens with one attached hydrogen (secondary N) is 2. The summed E-state index contributed by atoms with van der Waals surface area (Å²) in [7, 11) is 0. The molecule has 0 saturated heterocycles. The Morgan fingerprint density at radius 2 is 2.00 bits per heavy atom. The van der Waals surface area contributed by atoms with Crippen LogP contribution in [0.2, 0.25) is 0 Å². The fourth-order valence-electron chi connectivity index (χ4n) is 1.64. The SMILES string of the molecule is CC(CC(F)(F)F)Nc1cccc(NN)c1[N+](=O)[O-]. The van der Waals surface area contributed by atoms with Crippen molar-refractivity contribution >= 4 is 17.1 Å². The summed E-state index contributed by atoms with van der Waals surface area (Å²) in [5.41, 5.74) is 1.75. The number of nitro groups is 1. The summed E-state index contributed by atoms with van der Waals surface area (Å²) in [5, 5.41) is 13.4. The fourth-order valence-corrected chi connectivity index (χ4v) is 1.64. The Balaban J connectivity index is 2.98. The number of rotatable bonds is 5. The second-order valence-electron chi connectivity index (χ2n) is 3.97. The number of nitrogen functional groups attached to an aromatic ring is 1. The van der Waals surface area contributed by atoms with Crippen molar-refractivity contribution in [2.75, 3.05) is 10.7 Å². The zero-order valence-corrected chi connectivity index (χ0v) is 9.99. The van der Waals surface area contributed by atoms with E-state index in [1.807, 2.05) is 0 Å². The summed E-state index contributed by atoms with van der Waals surface area (Å²) < 4.78 is 36.6. The van der Waals surface area contributed by atoms with Crippen molar-refractivity contribution in [2.45, 2.75) is 25.6 Å². The minimum absolute atomic E-state index is 0.0165. The molecule has 0 aliphatic heterocycles. The second kappa shape index (κ2) is 5.74. The number of nitrogens with zero attached hydrogens (tertiary/aromatic N) is 1. The van der Waals surface area contributed by atoms with E-state index in [0.29, 0.717) is 0 Å². The van der Waals surface area contributed by atoms with Gasteiger partial charge in [0.1, 0.15) is 11.4 Å². The molecule has 0 aromatic heterocycles. The van der Waals surface area contributed by atoms with Crippen LogP contribution in [0.4, 0.5) is 30.2 Å². The van der Waals surface area contributed by atoms with Gasteiger partial charge in [0, 0.05) is 6.04 Å². The first kappa shape index (κ1) is 15.0. The van der Waals surface area contributed by atoms with Gasteiger partial charge in [-0.1, -0.05) is 6.07 Å². The highest BCUT2D eigenvalue weighted by Gasteiger charge is 2.31. The Bertz CT molecular complexity index is 465. The van der Waals surface area contributed by atoms with E-state index in [2.05, 4.69) is 10.7 Å². The zero-order chi connectivity index (χ0) is 14.6. The summed E-state index contributed by atoms with van der Waals surface area (Å²) >= 11 is 0. The Labute approximate surface area is 106 Å². The molecule has 1 aromatic rings. The highest BCUT2D eigenvalue weighted by atomic mass is 19.4. The summed E-state index contributed by atoms with van der Waals surface area (Å²) in [6.45, 7) is 1.29. The van der Waals surface area contributed by atoms with Crippen LogP contribution in [0.3, 0.4) is 0 Å². The minimum Gasteiger partial charge on any atom is -0.377 e. The molecule has 0 aliphatic rings. The van der Waals surface area contributed by atoms with Gasteiger partial charge in [0.05, 0.1) is 11.3 Å². The first-order chi connectivity index (χ1) is 8.74. The minimum atomic E-state index is -4.34. The highest BCUT2D eigenvalue weighted by Crippen LogP contribution is 2.33. The maximum absolute atomic E-state index is 12.2. The van der Waals surface area contributed by atoms with Crippen molar-refractivity contribution in [3.8, 4) is 0 Å². The van der Waals surface area contributed by atoms with Crippen molar-refractivity contribution in [2.24, 2.45) is 5.84 Å². The van der Waals surface area contributed by atoms with E-state index in [4.69, 9.17) is 5.84 Å². The molecule has 106 valence electrons. The molecule has 19 heavy (non-hydrogen) atoms. The molecule has 1 aromatic carbocycles. The van der Waals surface area contributed by atoms with Crippen LogP contribution in [-0.4, -0.2) is 17.1 Å². The normalized spacial score (nSPS) is 12.9. The van der Waals surface area contributed by atoms with E-state index < -0.39 is 23.6 Å². The lowest BCUT2D eigenvalue weighted by Gasteiger charge is -2.17. The van der Waals surface area contributed by atoms with Crippen molar-refractivity contribution in [3.05, 3.63) is 28.3 Å². The first-order valence-corrected chi connectivity index (χ1v) is 5.32. The van der Waals surface area contributed by atoms with Crippen molar-refractivity contribution in [1.29, 1.82) is 0 Å². The number of anilines is 2. The molecule has 0 radical (unpaired) electrons. The topological polar surface area (TPSA) is 93.2 Å². The van der Waals surface area contributed by atoms with Gasteiger partial charge in [-0.25, -0.2) is 0 Å². The van der Waals surface area contributed by atoms with Gasteiger partial charge in [-0.05, 0) is 19.1 Å². The number of alkyl halides is 3. The van der Waals surface area contributed by atoms with E-state index >= 15 is 0 Å². The number of halogens is 3. The van der Waals surface area contributed by atoms with Crippen LogP contribution in [0, 0.1) is 10.1 Å². The van der Waals surface area contributed by atoms with E-state index in [-0.39, 0.29) is 17.1 Å². The van der Waals surface area contributed by atoms with Gasteiger partial charge in [-0.3, -0.25) is 16.0 Å². The Kier molecular flexibility index (Phi) is 4.54. The third-order valence-corrected chi connectivity index (χ3v) is 2.31. The van der Waals surface area contributed by atoms with E-state index in [1.54, 1.807) is 0 Å². The van der Waals surface area contributed by atoms with Gasteiger partial charge < -0.3 is 10.7 Å². The third kappa shape index (κ3) is 4.28. The zero-order valence-electron chi connectivity index (χ0n) is 9.99. The summed E-state index contributed by atoms with van der Waals surface area (Å²) in [6, 6.07) is 3.14. The van der Waals surface area contributed by atoms with Gasteiger partial charge in [0.25, 0.3) is 0 Å². The molecule has 4 N–H and O–H groups in total. The van der Waals surface area contributed by atoms with Crippen LogP contribution in [0.5, 0.6) is 0 Å². The molecule has 0 spiro atoms. The first-order valence-electron chi connectivity index (χ1n) is 5.32. The van der Waals surface area contributed by atoms with E-state index in [1.165, 1.54) is 25.1 Å². The van der Waals surface area contributed by atoms with Gasteiger partial charge >= 0.3 is 11.9 Å². The second-order valence-corrected chi connectivity index (χ2v) is 3.97. The third-order valence-electron chi connectivity index (χ3n) is 2.31. The molecule has 9 heteroatoms. The lowest BCUT2D eigenvalue weighted by atomic mass is 10.2. The number of hydrogen-bond acceptors (Lipinski definition) is 5. The molecule has 0 bridgehead atoms. The quantitative estimate of drug-likeness (QED) is 0.437. The predicted octanol–water partition coefficient (Wildman–Crippen LogP) is 2.63. The predicted molar refractivity (Wildman–Crippen MR) is 64.7 cm³/mol. The largest absolute Gasteiger partial charge is 0.391 e. The van der Waals surface area contributed by atoms with Gasteiger partial charge in [0.2, 0.25) is 0 Å². The monoisotopic (exact) mass is 278 g/mol. The molecule has 1 unspecified atom stereocenters. The van der Waals surface area contributed by atoms with Crippen LogP contribution in [0.15, 0.2) is 18.2 Å². The number of benzene rings is 1. The van der Waals surface area contributed by atoms with Crippen LogP contribution in [0.1, 0.15) is 13.3 Å². The Morgan fingerprint density at radius 1 is 1.42 bits per heavy atom. The summed E-state index contributed by atoms with van der Waals surface area (Å²) in [4.78, 5) is 10.2. The van der Waals surface area contributed by atoms with E-state index in [0.717, 1.165) is 0 Å². The Morgan fingerprint density at radius 3 is 2.47 bits per heavy atom. The molecule has 1 atom stereocenters. The Hall–Kier alpha value is -2.03. The van der Waals surface area contributed by atoms with Crippen LogP contribution >= 0.6 is 0 Å². The average Bonchev–Trinajstić information content (AvgIpc) is 2.25. The van der Waals surface area contributed by atoms with E-state index in [9.17, 15) is 23.3 Å². The number of nitrogens with two attached hydrogens (primary N) is 1. The smallest absolute Gasteiger partial charge is 0.377 e. The lowest BCUT2D eigenvalue weighted by molar-refractivity contribution is -0.383. The molecule has 0 saturated carbocycles. The summed E-state index contributed by atoms with van der Waals surface area (Å²) in [5.74, 6) is 5.13. The maximum atomic E-state index is 12.2. The molecule has 0 fully saturated rings. The molecule has 6 nitrogen and oxygen atoms in total. The molecular formula is C10H13F3N4O2. The van der Waals surface area contributed by atoms with Crippen LogP contribution in [-0.2, 0) is 0 Å². The number of hydrogen-bond donors (Lipinski definition) is 3. The average molecular weight is 278 g/mol. The lowest BCUT2D eigenvalue weighted by Crippen LogP contribution is -2.24. The number of hydrazine groups is 1. The number of para-hydroxylation sites is 1. The van der Waals surface area contributed by atoms with Crippen LogP contribution in [0.25, 0.3) is 0 Å². The van der Waals surface area contributed by atoms with Gasteiger partial charge in [-0.2, -0.15) is 13.2 Å².